The lowest BCUT2D eigenvalue weighted by atomic mass is 10.1. The van der Waals surface area contributed by atoms with Crippen molar-refractivity contribution in [3.05, 3.63) is 23.8 Å². The zero-order valence-corrected chi connectivity index (χ0v) is 12.1. The Bertz CT molecular complexity index is 456. The van der Waals surface area contributed by atoms with Gasteiger partial charge in [0.2, 0.25) is 0 Å². The summed E-state index contributed by atoms with van der Waals surface area (Å²) >= 11 is 0. The third-order valence-corrected chi connectivity index (χ3v) is 3.34. The summed E-state index contributed by atoms with van der Waals surface area (Å²) in [5.74, 6) is 1.15. The summed E-state index contributed by atoms with van der Waals surface area (Å²) in [4.78, 5) is 11.8. The first-order valence-corrected chi connectivity index (χ1v) is 6.96. The maximum absolute atomic E-state index is 11.8. The topological polar surface area (TPSA) is 59.6 Å². The van der Waals surface area contributed by atoms with Crippen molar-refractivity contribution in [1.29, 1.82) is 0 Å². The summed E-state index contributed by atoms with van der Waals surface area (Å²) in [6.45, 7) is 3.86. The number of aryl methyl sites for hydroxylation is 1. The average Bonchev–Trinajstić information content (AvgIpc) is 2.47. The van der Waals surface area contributed by atoms with Crippen molar-refractivity contribution in [2.45, 2.75) is 25.8 Å². The van der Waals surface area contributed by atoms with E-state index in [-0.39, 0.29) is 18.6 Å². The molecule has 0 saturated carbocycles. The predicted octanol–water partition coefficient (Wildman–Crippen LogP) is 1.25. The number of benzene rings is 1. The molecule has 1 amide bonds. The molecule has 20 heavy (non-hydrogen) atoms. The van der Waals surface area contributed by atoms with E-state index < -0.39 is 0 Å². The second-order valence-electron chi connectivity index (χ2n) is 5.05. The number of ether oxygens (including phenoxy) is 2. The molecule has 0 bridgehead atoms. The van der Waals surface area contributed by atoms with Crippen molar-refractivity contribution in [2.24, 2.45) is 0 Å². The monoisotopic (exact) mass is 278 g/mol. The number of nitrogens with one attached hydrogen (secondary N) is 2. The molecular formula is C15H22N2O3. The van der Waals surface area contributed by atoms with Gasteiger partial charge in [0.25, 0.3) is 5.91 Å². The van der Waals surface area contributed by atoms with Gasteiger partial charge in [-0.15, -0.1) is 0 Å². The van der Waals surface area contributed by atoms with E-state index in [2.05, 4.69) is 10.6 Å². The van der Waals surface area contributed by atoms with E-state index in [1.54, 1.807) is 7.11 Å². The minimum Gasteiger partial charge on any atom is -0.493 e. The summed E-state index contributed by atoms with van der Waals surface area (Å²) in [5.41, 5.74) is 1.09. The molecule has 0 aliphatic carbocycles. The fourth-order valence-corrected chi connectivity index (χ4v) is 2.28. The van der Waals surface area contributed by atoms with Crippen LogP contribution in [-0.2, 0) is 4.79 Å². The molecule has 1 aliphatic heterocycles. The van der Waals surface area contributed by atoms with Crippen LogP contribution in [0.5, 0.6) is 11.5 Å². The molecular weight excluding hydrogens is 256 g/mol. The minimum atomic E-state index is -0.0960. The molecule has 0 radical (unpaired) electrons. The van der Waals surface area contributed by atoms with Gasteiger partial charge in [0.1, 0.15) is 0 Å². The Balaban J connectivity index is 1.83. The second kappa shape index (κ2) is 7.14. The summed E-state index contributed by atoms with van der Waals surface area (Å²) in [6.07, 6.45) is 2.12. The van der Waals surface area contributed by atoms with Crippen molar-refractivity contribution in [3.8, 4) is 11.5 Å². The number of hydrogen-bond donors (Lipinski definition) is 2. The van der Waals surface area contributed by atoms with Gasteiger partial charge in [0, 0.05) is 12.6 Å². The zero-order valence-electron chi connectivity index (χ0n) is 12.1. The molecule has 1 atom stereocenters. The standard InChI is InChI=1S/C15H22N2O3/c1-11-5-6-13(14(8-11)19-2)20-10-15(18)17-12-4-3-7-16-9-12/h5-6,8,12,16H,3-4,7,9-10H2,1-2H3,(H,17,18)/t12-/m0/s1. The summed E-state index contributed by atoms with van der Waals surface area (Å²) in [6, 6.07) is 5.85. The van der Waals surface area contributed by atoms with Gasteiger partial charge in [-0.2, -0.15) is 0 Å². The normalized spacial score (nSPS) is 18.4. The lowest BCUT2D eigenvalue weighted by molar-refractivity contribution is -0.123. The molecule has 5 heteroatoms. The Labute approximate surface area is 119 Å². The van der Waals surface area contributed by atoms with Gasteiger partial charge in [-0.3, -0.25) is 4.79 Å². The van der Waals surface area contributed by atoms with Crippen molar-refractivity contribution < 1.29 is 14.3 Å². The highest BCUT2D eigenvalue weighted by atomic mass is 16.5. The van der Waals surface area contributed by atoms with Crippen LogP contribution in [0, 0.1) is 6.92 Å². The first-order chi connectivity index (χ1) is 9.69. The fraction of sp³-hybridized carbons (Fsp3) is 0.533. The first-order valence-electron chi connectivity index (χ1n) is 6.96. The Morgan fingerprint density at radius 3 is 3.00 bits per heavy atom. The molecule has 2 N–H and O–H groups in total. The first kappa shape index (κ1) is 14.7. The smallest absolute Gasteiger partial charge is 0.258 e. The Morgan fingerprint density at radius 2 is 2.30 bits per heavy atom. The van der Waals surface area contributed by atoms with Crippen molar-refractivity contribution in [1.82, 2.24) is 10.6 Å². The highest BCUT2D eigenvalue weighted by molar-refractivity contribution is 5.78. The number of carbonyl (C=O) groups excluding carboxylic acids is 1. The van der Waals surface area contributed by atoms with Crippen LogP contribution in [0.4, 0.5) is 0 Å². The van der Waals surface area contributed by atoms with Gasteiger partial charge in [0.05, 0.1) is 7.11 Å². The highest BCUT2D eigenvalue weighted by Crippen LogP contribution is 2.27. The van der Waals surface area contributed by atoms with Gasteiger partial charge in [0.15, 0.2) is 18.1 Å². The second-order valence-corrected chi connectivity index (χ2v) is 5.05. The number of methoxy groups -OCH3 is 1. The van der Waals surface area contributed by atoms with Crippen LogP contribution in [0.15, 0.2) is 18.2 Å². The van der Waals surface area contributed by atoms with Crippen LogP contribution in [0.2, 0.25) is 0 Å². The fourth-order valence-electron chi connectivity index (χ4n) is 2.28. The molecule has 2 rings (SSSR count). The molecule has 1 heterocycles. The molecule has 0 aromatic heterocycles. The zero-order chi connectivity index (χ0) is 14.4. The van der Waals surface area contributed by atoms with Gasteiger partial charge >= 0.3 is 0 Å². The summed E-state index contributed by atoms with van der Waals surface area (Å²) in [5, 5.41) is 6.23. The van der Waals surface area contributed by atoms with Crippen molar-refractivity contribution in [3.63, 3.8) is 0 Å². The maximum atomic E-state index is 11.8. The van der Waals surface area contributed by atoms with E-state index in [0.717, 1.165) is 31.5 Å². The van der Waals surface area contributed by atoms with E-state index in [9.17, 15) is 4.79 Å². The molecule has 1 aromatic rings. The van der Waals surface area contributed by atoms with Crippen LogP contribution < -0.4 is 20.1 Å². The van der Waals surface area contributed by atoms with Crippen LogP contribution >= 0.6 is 0 Å². The van der Waals surface area contributed by atoms with E-state index in [1.165, 1.54) is 0 Å². The lowest BCUT2D eigenvalue weighted by Gasteiger charge is -2.23. The van der Waals surface area contributed by atoms with Crippen LogP contribution in [0.25, 0.3) is 0 Å². The Kier molecular flexibility index (Phi) is 5.24. The average molecular weight is 278 g/mol. The van der Waals surface area contributed by atoms with Gasteiger partial charge in [-0.05, 0) is 44.0 Å². The quantitative estimate of drug-likeness (QED) is 0.851. The third kappa shape index (κ3) is 4.13. The number of carbonyl (C=O) groups is 1. The van der Waals surface area contributed by atoms with Gasteiger partial charge < -0.3 is 20.1 Å². The molecule has 1 aliphatic rings. The molecule has 1 fully saturated rings. The largest absolute Gasteiger partial charge is 0.493 e. The highest BCUT2D eigenvalue weighted by Gasteiger charge is 2.16. The van der Waals surface area contributed by atoms with Crippen LogP contribution in [0.1, 0.15) is 18.4 Å². The number of piperidine rings is 1. The molecule has 0 spiro atoms. The summed E-state index contributed by atoms with van der Waals surface area (Å²) < 4.78 is 10.8. The summed E-state index contributed by atoms with van der Waals surface area (Å²) in [7, 11) is 1.59. The third-order valence-electron chi connectivity index (χ3n) is 3.34. The van der Waals surface area contributed by atoms with Gasteiger partial charge in [-0.1, -0.05) is 6.07 Å². The molecule has 1 saturated heterocycles. The number of amides is 1. The molecule has 0 unspecified atom stereocenters. The predicted molar refractivity (Wildman–Crippen MR) is 77.3 cm³/mol. The number of hydrogen-bond acceptors (Lipinski definition) is 4. The Morgan fingerprint density at radius 1 is 1.45 bits per heavy atom. The Hall–Kier alpha value is -1.75. The maximum Gasteiger partial charge on any atom is 0.258 e. The minimum absolute atomic E-state index is 0.00984. The molecule has 5 nitrogen and oxygen atoms in total. The molecule has 110 valence electrons. The molecule has 1 aromatic carbocycles. The lowest BCUT2D eigenvalue weighted by Crippen LogP contribution is -2.47. The number of rotatable bonds is 5. The van der Waals surface area contributed by atoms with E-state index in [4.69, 9.17) is 9.47 Å². The van der Waals surface area contributed by atoms with E-state index in [0.29, 0.717) is 11.5 Å². The van der Waals surface area contributed by atoms with Crippen LogP contribution in [-0.4, -0.2) is 38.8 Å². The van der Waals surface area contributed by atoms with Crippen LogP contribution in [0.3, 0.4) is 0 Å². The van der Waals surface area contributed by atoms with Crippen molar-refractivity contribution in [2.75, 3.05) is 26.8 Å². The van der Waals surface area contributed by atoms with E-state index >= 15 is 0 Å². The van der Waals surface area contributed by atoms with Gasteiger partial charge in [-0.25, -0.2) is 0 Å². The van der Waals surface area contributed by atoms with E-state index in [1.807, 2.05) is 25.1 Å². The SMILES string of the molecule is COc1cc(C)ccc1OCC(=O)N[C@H]1CCCNC1. The van der Waals surface area contributed by atoms with Crippen molar-refractivity contribution >= 4 is 5.91 Å².